The Balaban J connectivity index is 1.75. The Labute approximate surface area is 208 Å². The number of rotatable bonds is 7. The number of thiophene rings is 1. The molecule has 7 heteroatoms. The molecular weight excluding hydrogens is 462 g/mol. The van der Waals surface area contributed by atoms with Gasteiger partial charge in [0.2, 0.25) is 5.91 Å². The molecule has 0 bridgehead atoms. The van der Waals surface area contributed by atoms with Gasteiger partial charge < -0.3 is 19.2 Å². The predicted octanol–water partition coefficient (Wildman–Crippen LogP) is 7.01. The van der Waals surface area contributed by atoms with Gasteiger partial charge in [-0.15, -0.1) is 11.3 Å². The van der Waals surface area contributed by atoms with Crippen LogP contribution in [0.4, 0.5) is 5.69 Å². The molecule has 2 heterocycles. The standard InChI is InChI=1S/C28H27NO5S/c1-6-33-25-18(4)26-21(22(15-34-26)19-9-7-16(2)8-10-19)14-20(25)17(3)13-24(30)29-23-11-12-35-27(23)28(31)32-5/h7-15H,6H2,1-5H3,(H,29,30)/b17-13+. The van der Waals surface area contributed by atoms with Gasteiger partial charge in [-0.05, 0) is 56.3 Å². The zero-order valence-electron chi connectivity index (χ0n) is 20.4. The Morgan fingerprint density at radius 2 is 1.89 bits per heavy atom. The quantitative estimate of drug-likeness (QED) is 0.223. The van der Waals surface area contributed by atoms with Gasteiger partial charge in [-0.2, -0.15) is 0 Å². The number of ether oxygens (including phenoxy) is 2. The highest BCUT2D eigenvalue weighted by Crippen LogP contribution is 2.40. The summed E-state index contributed by atoms with van der Waals surface area (Å²) in [4.78, 5) is 25.1. The third-order valence-corrected chi connectivity index (χ3v) is 6.66. The maximum absolute atomic E-state index is 12.9. The molecule has 1 amide bonds. The lowest BCUT2D eigenvalue weighted by Crippen LogP contribution is -2.11. The Morgan fingerprint density at radius 1 is 1.14 bits per heavy atom. The summed E-state index contributed by atoms with van der Waals surface area (Å²) in [5.74, 6) is -0.159. The molecule has 0 aliphatic rings. The molecular formula is C28H27NO5S. The highest BCUT2D eigenvalue weighted by molar-refractivity contribution is 7.12. The topological polar surface area (TPSA) is 77.8 Å². The van der Waals surface area contributed by atoms with Crippen molar-refractivity contribution in [2.75, 3.05) is 19.0 Å². The van der Waals surface area contributed by atoms with Crippen molar-refractivity contribution in [2.24, 2.45) is 0 Å². The van der Waals surface area contributed by atoms with Crippen molar-refractivity contribution in [3.63, 3.8) is 0 Å². The Kier molecular flexibility index (Phi) is 7.07. The fraction of sp³-hybridized carbons (Fsp3) is 0.214. The van der Waals surface area contributed by atoms with E-state index in [1.807, 2.05) is 26.8 Å². The van der Waals surface area contributed by atoms with Crippen LogP contribution in [0.15, 0.2) is 58.5 Å². The lowest BCUT2D eigenvalue weighted by atomic mass is 9.96. The SMILES string of the molecule is CCOc1c(/C(C)=C/C(=O)Nc2ccsc2C(=O)OC)cc2c(-c3ccc(C)cc3)coc2c1C. The van der Waals surface area contributed by atoms with E-state index in [9.17, 15) is 9.59 Å². The molecule has 0 saturated carbocycles. The lowest BCUT2D eigenvalue weighted by Gasteiger charge is -2.15. The van der Waals surface area contributed by atoms with Crippen LogP contribution in [0.1, 0.15) is 40.2 Å². The summed E-state index contributed by atoms with van der Waals surface area (Å²) in [5.41, 5.74) is 6.79. The van der Waals surface area contributed by atoms with E-state index in [-0.39, 0.29) is 5.91 Å². The highest BCUT2D eigenvalue weighted by Gasteiger charge is 2.20. The van der Waals surface area contributed by atoms with E-state index in [0.29, 0.717) is 22.9 Å². The molecule has 6 nitrogen and oxygen atoms in total. The minimum atomic E-state index is -0.487. The van der Waals surface area contributed by atoms with Crippen molar-refractivity contribution in [2.45, 2.75) is 27.7 Å². The minimum Gasteiger partial charge on any atom is -0.493 e. The fourth-order valence-corrected chi connectivity index (χ4v) is 4.76. The van der Waals surface area contributed by atoms with Crippen LogP contribution in [0.5, 0.6) is 5.75 Å². The van der Waals surface area contributed by atoms with Crippen LogP contribution in [0.2, 0.25) is 0 Å². The van der Waals surface area contributed by atoms with E-state index < -0.39 is 5.97 Å². The van der Waals surface area contributed by atoms with Gasteiger partial charge in [-0.1, -0.05) is 29.8 Å². The van der Waals surface area contributed by atoms with Crippen molar-refractivity contribution in [3.8, 4) is 16.9 Å². The van der Waals surface area contributed by atoms with Crippen LogP contribution in [0.25, 0.3) is 27.7 Å². The number of carbonyl (C=O) groups excluding carboxylic acids is 2. The average molecular weight is 490 g/mol. The number of nitrogens with one attached hydrogen (secondary N) is 1. The summed E-state index contributed by atoms with van der Waals surface area (Å²) in [6.07, 6.45) is 3.27. The molecule has 0 spiro atoms. The van der Waals surface area contributed by atoms with Crippen molar-refractivity contribution >= 4 is 45.4 Å². The van der Waals surface area contributed by atoms with Crippen LogP contribution < -0.4 is 10.1 Å². The van der Waals surface area contributed by atoms with Crippen molar-refractivity contribution in [1.82, 2.24) is 0 Å². The summed E-state index contributed by atoms with van der Waals surface area (Å²) in [7, 11) is 1.31. The number of hydrogen-bond acceptors (Lipinski definition) is 6. The normalized spacial score (nSPS) is 11.5. The fourth-order valence-electron chi connectivity index (χ4n) is 4.00. The van der Waals surface area contributed by atoms with Crippen LogP contribution in [-0.2, 0) is 9.53 Å². The maximum atomic E-state index is 12.9. The number of allylic oxidation sites excluding steroid dienone is 1. The first-order chi connectivity index (χ1) is 16.8. The number of benzene rings is 2. The van der Waals surface area contributed by atoms with Gasteiger partial charge in [0.05, 0.1) is 25.7 Å². The largest absolute Gasteiger partial charge is 0.493 e. The maximum Gasteiger partial charge on any atom is 0.350 e. The molecule has 0 atom stereocenters. The van der Waals surface area contributed by atoms with Crippen LogP contribution >= 0.6 is 11.3 Å². The van der Waals surface area contributed by atoms with E-state index in [1.54, 1.807) is 17.7 Å². The Morgan fingerprint density at radius 3 is 2.57 bits per heavy atom. The number of aryl methyl sites for hydroxylation is 2. The molecule has 0 fully saturated rings. The third kappa shape index (κ3) is 4.86. The van der Waals surface area contributed by atoms with E-state index in [2.05, 4.69) is 36.5 Å². The van der Waals surface area contributed by atoms with Crippen molar-refractivity contribution in [1.29, 1.82) is 0 Å². The number of anilines is 1. The Hall–Kier alpha value is -3.84. The van der Waals surface area contributed by atoms with Gasteiger partial charge in [-0.3, -0.25) is 4.79 Å². The molecule has 0 radical (unpaired) electrons. The smallest absolute Gasteiger partial charge is 0.350 e. The first kappa shape index (κ1) is 24.3. The zero-order chi connectivity index (χ0) is 25.1. The number of carbonyl (C=O) groups is 2. The number of amides is 1. The number of hydrogen-bond donors (Lipinski definition) is 1. The molecule has 180 valence electrons. The van der Waals surface area contributed by atoms with Gasteiger partial charge >= 0.3 is 5.97 Å². The molecule has 4 aromatic rings. The number of esters is 1. The monoisotopic (exact) mass is 489 g/mol. The van der Waals surface area contributed by atoms with Crippen molar-refractivity contribution in [3.05, 3.63) is 75.7 Å². The third-order valence-electron chi connectivity index (χ3n) is 5.76. The number of furan rings is 1. The van der Waals surface area contributed by atoms with Gasteiger partial charge in [0, 0.05) is 28.2 Å². The molecule has 4 rings (SSSR count). The van der Waals surface area contributed by atoms with Crippen LogP contribution in [0, 0.1) is 13.8 Å². The van der Waals surface area contributed by atoms with E-state index in [0.717, 1.165) is 38.8 Å². The highest BCUT2D eigenvalue weighted by atomic mass is 32.1. The van der Waals surface area contributed by atoms with Crippen molar-refractivity contribution < 1.29 is 23.5 Å². The van der Waals surface area contributed by atoms with Gasteiger partial charge in [-0.25, -0.2) is 4.79 Å². The summed E-state index contributed by atoms with van der Waals surface area (Å²) >= 11 is 1.21. The lowest BCUT2D eigenvalue weighted by molar-refractivity contribution is -0.111. The minimum absolute atomic E-state index is 0.348. The van der Waals surface area contributed by atoms with Crippen LogP contribution in [0.3, 0.4) is 0 Å². The number of fused-ring (bicyclic) bond motifs is 1. The van der Waals surface area contributed by atoms with Gasteiger partial charge in [0.1, 0.15) is 16.2 Å². The first-order valence-corrected chi connectivity index (χ1v) is 12.1. The second kappa shape index (κ2) is 10.2. The van der Waals surface area contributed by atoms with E-state index >= 15 is 0 Å². The number of methoxy groups -OCH3 is 1. The molecule has 0 aliphatic heterocycles. The average Bonchev–Trinajstić information content (AvgIpc) is 3.48. The second-order valence-electron chi connectivity index (χ2n) is 8.17. The van der Waals surface area contributed by atoms with Gasteiger partial charge in [0.25, 0.3) is 0 Å². The zero-order valence-corrected chi connectivity index (χ0v) is 21.2. The molecule has 0 saturated heterocycles. The Bertz CT molecular complexity index is 1430. The molecule has 0 unspecified atom stereocenters. The summed E-state index contributed by atoms with van der Waals surface area (Å²) in [6, 6.07) is 12.0. The molecule has 1 N–H and O–H groups in total. The van der Waals surface area contributed by atoms with Crippen LogP contribution in [-0.4, -0.2) is 25.6 Å². The van der Waals surface area contributed by atoms with E-state index in [4.69, 9.17) is 13.9 Å². The summed E-state index contributed by atoms with van der Waals surface area (Å²) < 4.78 is 16.7. The van der Waals surface area contributed by atoms with E-state index in [1.165, 1.54) is 30.1 Å². The first-order valence-electron chi connectivity index (χ1n) is 11.2. The molecule has 2 aromatic heterocycles. The summed E-state index contributed by atoms with van der Waals surface area (Å²) in [5, 5.41) is 5.46. The van der Waals surface area contributed by atoms with Gasteiger partial charge in [0.15, 0.2) is 0 Å². The summed E-state index contributed by atoms with van der Waals surface area (Å²) in [6.45, 7) is 8.27. The molecule has 35 heavy (non-hydrogen) atoms. The molecule has 0 aliphatic carbocycles. The second-order valence-corrected chi connectivity index (χ2v) is 9.09. The molecule has 2 aromatic carbocycles. The predicted molar refractivity (Wildman–Crippen MR) is 140 cm³/mol.